The maximum Gasteiger partial charge on any atom is 0.349 e. The molecule has 0 saturated carbocycles. The maximum absolute atomic E-state index is 12.6. The number of allylic oxidation sites excluding steroid dienone is 2. The summed E-state index contributed by atoms with van der Waals surface area (Å²) < 4.78 is 5.15. The van der Waals surface area contributed by atoms with Gasteiger partial charge in [-0.05, 0) is 287 Å². The van der Waals surface area contributed by atoms with E-state index in [4.69, 9.17) is 0 Å². The third-order valence-electron chi connectivity index (χ3n) is 27.8. The van der Waals surface area contributed by atoms with E-state index in [-0.39, 0.29) is 65.3 Å². The van der Waals surface area contributed by atoms with E-state index in [0.29, 0.717) is 74.6 Å². The molecule has 3 atom stereocenters. The quantitative estimate of drug-likeness (QED) is 0.0416. The molecule has 0 spiro atoms. The van der Waals surface area contributed by atoms with Crippen LogP contribution >= 0.6 is 0 Å². The van der Waals surface area contributed by atoms with Gasteiger partial charge in [-0.1, -0.05) is 182 Å². The van der Waals surface area contributed by atoms with E-state index >= 15 is 0 Å². The van der Waals surface area contributed by atoms with Gasteiger partial charge in [0.25, 0.3) is 27.8 Å². The molecule has 3 unspecified atom stereocenters. The van der Waals surface area contributed by atoms with Gasteiger partial charge in [0.2, 0.25) is 0 Å². The molecular weight excluding hydrogens is 1870 g/mol. The normalized spacial score (nSPS) is 13.9. The molecule has 8 N–H and O–H groups in total. The van der Waals surface area contributed by atoms with Crippen LogP contribution in [0.4, 0.5) is 34.4 Å². The number of benzene rings is 11. The zero-order chi connectivity index (χ0) is 104. The molecule has 2 aromatic heterocycles. The highest BCUT2D eigenvalue weighted by Crippen LogP contribution is 2.41. The molecule has 0 aliphatic carbocycles. The average molecular weight is 1990 g/mol. The number of hydrogen-bond acceptors (Lipinski definition) is 23. The van der Waals surface area contributed by atoms with Gasteiger partial charge in [-0.15, -0.1) is 0 Å². The summed E-state index contributed by atoms with van der Waals surface area (Å²) in [6, 6.07) is 70.0. The Bertz CT molecular complexity index is 9160. The van der Waals surface area contributed by atoms with Gasteiger partial charge >= 0.3 is 17.1 Å². The van der Waals surface area contributed by atoms with E-state index in [1.165, 1.54) is 50.9 Å². The molecule has 25 rings (SSSR count). The molecule has 0 saturated heterocycles. The van der Waals surface area contributed by atoms with Crippen molar-refractivity contribution in [1.82, 2.24) is 78.5 Å². The Morgan fingerprint density at radius 1 is 0.329 bits per heavy atom. The lowest BCUT2D eigenvalue weighted by molar-refractivity contribution is 0.155. The monoisotopic (exact) mass is 1990 g/mol. The van der Waals surface area contributed by atoms with Crippen LogP contribution in [0, 0.1) is 62.3 Å². The summed E-state index contributed by atoms with van der Waals surface area (Å²) in [6.07, 6.45) is 13.7. The largest absolute Gasteiger partial charge is 0.391 e. The van der Waals surface area contributed by atoms with Crippen molar-refractivity contribution < 1.29 is 15.3 Å². The summed E-state index contributed by atoms with van der Waals surface area (Å²) >= 11 is 0. The minimum atomic E-state index is -0.757. The third-order valence-corrected chi connectivity index (χ3v) is 27.8. The number of nitrogens with zero attached hydrogens (tertiary/aromatic N) is 15. The molecule has 8 bridgehead atoms. The first kappa shape index (κ1) is 101. The summed E-state index contributed by atoms with van der Waals surface area (Å²) in [5.74, 6) is 1.74. The fourth-order valence-corrected chi connectivity index (χ4v) is 20.0. The smallest absolute Gasteiger partial charge is 0.349 e. The first-order valence-corrected chi connectivity index (χ1v) is 50.1. The molecule has 31 heteroatoms. The van der Waals surface area contributed by atoms with E-state index < -0.39 is 52.1 Å². The SMILES string of the molecule is C=c1nc2c(c(=O)[nH]1)=Nc1cc(C)c3cc1N2CCCc1ccc(cc1)C/C=C/C3.C=c1nc2c(c(=O)[nH]1)=Nc1cc(C)c3cc1N2CCCc1ccc(cc1)CCCC3.Cc1cc2nc3c(=O)[nH]c(=O)nc-3n(CC(O)Cc3ccc4ccccc4c3)c2cc1C.Cc1cccc(CC(O)Cn2c3nc(=O)[nH]c(=O)c-3nc3cc(C)c(C)cc32)c1.Cc1cccc(CC(O)Cn2c3nc(=O)[nH]c(=O)c-3nc3cc(C)ccc32)c1. The number of fused-ring (bicyclic) bond motifs is 22. The zero-order valence-electron chi connectivity index (χ0n) is 84.5. The van der Waals surface area contributed by atoms with Crippen molar-refractivity contribution in [1.29, 1.82) is 0 Å². The Labute approximate surface area is 854 Å². The van der Waals surface area contributed by atoms with Crippen molar-refractivity contribution in [2.75, 3.05) is 22.9 Å². The molecule has 149 heavy (non-hydrogen) atoms. The van der Waals surface area contributed by atoms with Crippen molar-refractivity contribution in [3.8, 4) is 34.6 Å². The van der Waals surface area contributed by atoms with Crippen LogP contribution in [-0.2, 0) is 77.4 Å². The van der Waals surface area contributed by atoms with Gasteiger partial charge < -0.3 is 48.8 Å². The van der Waals surface area contributed by atoms with Crippen molar-refractivity contribution in [2.45, 2.75) is 184 Å². The summed E-state index contributed by atoms with van der Waals surface area (Å²) in [5.41, 5.74) is 25.2. The van der Waals surface area contributed by atoms with Gasteiger partial charge in [0, 0.05) is 32.4 Å². The average Bonchev–Trinajstić information content (AvgIpc) is 0.965. The number of aromatic nitrogens is 16. The van der Waals surface area contributed by atoms with Gasteiger partial charge in [-0.2, -0.15) is 15.0 Å². The number of aliphatic hydroxyl groups excluding tert-OH is 3. The van der Waals surface area contributed by atoms with Crippen molar-refractivity contribution >= 4 is 91.4 Å². The predicted molar refractivity (Wildman–Crippen MR) is 583 cm³/mol. The third kappa shape index (κ3) is 22.6. The van der Waals surface area contributed by atoms with E-state index in [1.807, 2.05) is 170 Å². The Morgan fingerprint density at radius 2 is 0.725 bits per heavy atom. The minimum Gasteiger partial charge on any atom is -0.391 e. The summed E-state index contributed by atoms with van der Waals surface area (Å²) in [4.78, 5) is 158. The molecule has 14 heterocycles. The molecule has 12 aliphatic heterocycles. The molecule has 0 amide bonds. The van der Waals surface area contributed by atoms with Gasteiger partial charge in [-0.25, -0.2) is 49.3 Å². The molecule has 752 valence electrons. The van der Waals surface area contributed by atoms with Gasteiger partial charge in [0.1, 0.15) is 11.0 Å². The van der Waals surface area contributed by atoms with E-state index in [0.717, 1.165) is 171 Å². The Kier molecular flexibility index (Phi) is 29.2. The van der Waals surface area contributed by atoms with Crippen LogP contribution in [0.1, 0.15) is 126 Å². The number of aromatic amines is 5. The fraction of sp³-hybridized carbons (Fsp3) is 0.254. The standard InChI is InChI=1S/C25H22N4O3.C25H26N4O.C25H24N4O.C22H22N4O3.C21H20N4O3/c1-14-9-20-21(10-15(14)2)29(23-22(26-20)24(31)28-25(32)27-23)13-19(30)12-16-7-8-17-5-3-4-6-18(17)11-16;2*1-16-14-21-22-15-20(16)8-4-3-6-18-9-11-19(12-10-18)7-5-13-29(22)24-23(28-21)25(30)27-17(2)26-24;1-12-5-4-6-15(7-12)10-16(27)11-26-18-9-14(3)13(2)8-17(18)23-19-20(26)24-22(29)25-21(19)28;1-12-4-3-5-14(8-12)10-15(26)11-25-17-7-6-13(2)9-16(17)22-18-19(25)23-21(28)24-20(18)27/h3-11,19,30H,12-13H2,1-2H3,(H,28,31,32);9-12,14-15H,2-8,13H2,1H3,(H,27,30);3-4,9-12,14-15H,2,5-8,13H2,1H3,(H,27,30);4-9,16,27H,10-11H2,1-3H3,(H,25,28,29);3-9,15,26H,10-11H2,1-2H3,(H,24,27,28)/b;;4-3+;;. The Balaban J connectivity index is 0.000000117. The molecule has 13 aromatic rings. The lowest BCUT2D eigenvalue weighted by atomic mass is 9.98. The second-order valence-corrected chi connectivity index (χ2v) is 39.2. The molecule has 11 aromatic carbocycles. The molecule has 0 radical (unpaired) electrons. The van der Waals surface area contributed by atoms with Gasteiger partial charge in [-0.3, -0.25) is 38.9 Å². The van der Waals surface area contributed by atoms with Crippen LogP contribution in [-0.4, -0.2) is 125 Å². The second-order valence-electron chi connectivity index (χ2n) is 39.2. The number of hydrogen-bond donors (Lipinski definition) is 8. The number of anilines is 4. The second kappa shape index (κ2) is 43.2. The lowest BCUT2D eigenvalue weighted by Crippen LogP contribution is -2.42. The molecule has 12 aliphatic rings. The molecular formula is C118H114N20O11. The van der Waals surface area contributed by atoms with Gasteiger partial charge in [0.15, 0.2) is 56.9 Å². The van der Waals surface area contributed by atoms with Crippen LogP contribution in [0.3, 0.4) is 0 Å². The van der Waals surface area contributed by atoms with Crippen molar-refractivity contribution in [3.63, 3.8) is 0 Å². The van der Waals surface area contributed by atoms with Crippen LogP contribution in [0.2, 0.25) is 0 Å². The highest BCUT2D eigenvalue weighted by atomic mass is 16.3. The number of aliphatic hydroxyl groups is 3. The highest BCUT2D eigenvalue weighted by molar-refractivity contribution is 5.86. The topological polar surface area (TPSA) is 425 Å². The lowest BCUT2D eigenvalue weighted by Gasteiger charge is -2.29. The van der Waals surface area contributed by atoms with Gasteiger partial charge in [0.05, 0.1) is 93.8 Å². The summed E-state index contributed by atoms with van der Waals surface area (Å²) in [5, 5.41) is 35.5. The summed E-state index contributed by atoms with van der Waals surface area (Å²) in [6.45, 7) is 27.9. The van der Waals surface area contributed by atoms with Crippen molar-refractivity contribution in [2.24, 2.45) is 9.98 Å². The summed E-state index contributed by atoms with van der Waals surface area (Å²) in [7, 11) is 0. The Morgan fingerprint density at radius 3 is 1.19 bits per heavy atom. The Hall–Kier alpha value is -17.2. The predicted octanol–water partition coefficient (Wildman–Crippen LogP) is 13.5. The van der Waals surface area contributed by atoms with Crippen LogP contribution < -0.4 is 76.3 Å². The maximum atomic E-state index is 12.6. The first-order chi connectivity index (χ1) is 71.8. The van der Waals surface area contributed by atoms with E-state index in [9.17, 15) is 53.7 Å². The highest BCUT2D eigenvalue weighted by Gasteiger charge is 2.30. The fourth-order valence-electron chi connectivity index (χ4n) is 20.0. The van der Waals surface area contributed by atoms with E-state index in [1.54, 1.807) is 13.7 Å². The number of H-pyrrole nitrogens is 5. The van der Waals surface area contributed by atoms with Crippen molar-refractivity contribution in [3.05, 3.63) is 423 Å². The minimum absolute atomic E-state index is 0.0817. The molecule has 31 nitrogen and oxygen atoms in total. The zero-order valence-corrected chi connectivity index (χ0v) is 84.5. The number of rotatable bonds is 12. The van der Waals surface area contributed by atoms with Crippen LogP contribution in [0.25, 0.3) is 91.6 Å². The number of aryl methyl sites for hydroxylation is 13. The van der Waals surface area contributed by atoms with E-state index in [2.05, 4.69) is 209 Å². The van der Waals surface area contributed by atoms with Crippen LogP contribution in [0.5, 0.6) is 0 Å². The van der Waals surface area contributed by atoms with Crippen LogP contribution in [0.15, 0.2) is 267 Å². The number of nitrogens with one attached hydrogen (secondary N) is 5. The molecule has 0 fully saturated rings. The first-order valence-electron chi connectivity index (χ1n) is 50.1.